The normalized spacial score (nSPS) is 11.3. The number of H-pyrrole nitrogens is 1. The van der Waals surface area contributed by atoms with Gasteiger partial charge in [-0.2, -0.15) is 0 Å². The fourth-order valence-corrected chi connectivity index (χ4v) is 1.47. The molecule has 0 atom stereocenters. The van der Waals surface area contributed by atoms with Crippen LogP contribution in [-0.4, -0.2) is 61.0 Å². The topological polar surface area (TPSA) is 73.1 Å². The number of aromatic amines is 1. The largest absolute Gasteiger partial charge is 0.351 e. The number of nitrogens with zero attached hydrogens (tertiary/aromatic N) is 2. The number of imidazole rings is 1. The summed E-state index contributed by atoms with van der Waals surface area (Å²) in [4.78, 5) is 20.4. The lowest BCUT2D eigenvalue weighted by Crippen LogP contribution is -2.31. The van der Waals surface area contributed by atoms with Gasteiger partial charge in [0.05, 0.1) is 6.33 Å². The molecule has 3 N–H and O–H groups in total. The Balaban J connectivity index is 1.95. The molecule has 0 spiro atoms. The highest BCUT2D eigenvalue weighted by atomic mass is 16.1. The molecule has 0 saturated heterocycles. The summed E-state index contributed by atoms with van der Waals surface area (Å²) in [7, 11) is 3.93. The first-order chi connectivity index (χ1) is 9.18. The zero-order chi connectivity index (χ0) is 13.9. The van der Waals surface area contributed by atoms with E-state index in [0.717, 1.165) is 31.7 Å². The summed E-state index contributed by atoms with van der Waals surface area (Å²) in [5, 5.41) is 6.08. The molecule has 0 aliphatic heterocycles. The van der Waals surface area contributed by atoms with Crippen LogP contribution in [-0.2, 0) is 11.2 Å². The number of hydrogen-bond acceptors (Lipinski definition) is 4. The number of hydrogen-bond donors (Lipinski definition) is 3. The summed E-state index contributed by atoms with van der Waals surface area (Å²) in [5.41, 5.74) is 1.11. The van der Waals surface area contributed by atoms with Gasteiger partial charge >= 0.3 is 0 Å². The Morgan fingerprint density at radius 1 is 1.42 bits per heavy atom. The van der Waals surface area contributed by atoms with Crippen molar-refractivity contribution in [2.75, 3.05) is 40.3 Å². The zero-order valence-electron chi connectivity index (χ0n) is 11.6. The molecule has 1 aromatic heterocycles. The van der Waals surface area contributed by atoms with Crippen LogP contribution in [0, 0.1) is 0 Å². The minimum absolute atomic E-state index is 0.0442. The molecule has 0 aliphatic rings. The van der Waals surface area contributed by atoms with Gasteiger partial charge in [-0.3, -0.25) is 4.79 Å². The number of nitrogens with one attached hydrogen (secondary N) is 3. The van der Waals surface area contributed by atoms with E-state index >= 15 is 0 Å². The van der Waals surface area contributed by atoms with Crippen LogP contribution in [0.4, 0.5) is 0 Å². The maximum atomic E-state index is 11.4. The Morgan fingerprint density at radius 2 is 2.26 bits per heavy atom. The van der Waals surface area contributed by atoms with Crippen molar-refractivity contribution in [1.82, 2.24) is 25.5 Å². The van der Waals surface area contributed by atoms with Gasteiger partial charge in [0.2, 0.25) is 5.91 Å². The van der Waals surface area contributed by atoms with Gasteiger partial charge in [0.1, 0.15) is 0 Å². The first-order valence-corrected chi connectivity index (χ1v) is 6.45. The molecular formula is C13H23N5O. The molecule has 106 valence electrons. The lowest BCUT2D eigenvalue weighted by molar-refractivity contribution is -0.116. The number of carbonyl (C=O) groups excluding carboxylic acids is 1. The molecule has 1 rings (SSSR count). The van der Waals surface area contributed by atoms with Crippen LogP contribution in [0.5, 0.6) is 0 Å². The summed E-state index contributed by atoms with van der Waals surface area (Å²) in [6, 6.07) is 0. The van der Waals surface area contributed by atoms with Crippen molar-refractivity contribution in [2.24, 2.45) is 0 Å². The quantitative estimate of drug-likeness (QED) is 0.426. The second kappa shape index (κ2) is 9.29. The molecule has 19 heavy (non-hydrogen) atoms. The molecule has 0 unspecified atom stereocenters. The third kappa shape index (κ3) is 8.12. The van der Waals surface area contributed by atoms with Crippen LogP contribution >= 0.6 is 0 Å². The van der Waals surface area contributed by atoms with Gasteiger partial charge in [-0.15, -0.1) is 0 Å². The minimum Gasteiger partial charge on any atom is -0.351 e. The minimum atomic E-state index is -0.0442. The first kappa shape index (κ1) is 15.4. The van der Waals surface area contributed by atoms with E-state index in [1.807, 2.05) is 31.3 Å². The molecule has 0 bridgehead atoms. The van der Waals surface area contributed by atoms with E-state index in [1.54, 1.807) is 12.4 Å². The van der Waals surface area contributed by atoms with Crippen molar-refractivity contribution in [3.63, 3.8) is 0 Å². The Hall–Kier alpha value is -1.66. The molecule has 0 fully saturated rings. The van der Waals surface area contributed by atoms with Crippen LogP contribution in [0.25, 0.3) is 0 Å². The third-order valence-electron chi connectivity index (χ3n) is 2.47. The van der Waals surface area contributed by atoms with E-state index in [0.29, 0.717) is 6.54 Å². The van der Waals surface area contributed by atoms with Crippen molar-refractivity contribution in [1.29, 1.82) is 0 Å². The molecule has 0 aromatic carbocycles. The average molecular weight is 265 g/mol. The highest BCUT2D eigenvalue weighted by Gasteiger charge is 1.95. The van der Waals surface area contributed by atoms with E-state index in [9.17, 15) is 4.79 Å². The Bertz CT molecular complexity index is 372. The molecule has 6 heteroatoms. The lowest BCUT2D eigenvalue weighted by Gasteiger charge is -2.05. The Labute approximate surface area is 114 Å². The van der Waals surface area contributed by atoms with Crippen LogP contribution < -0.4 is 10.6 Å². The molecule has 1 aromatic rings. The average Bonchev–Trinajstić information content (AvgIpc) is 2.86. The monoisotopic (exact) mass is 265 g/mol. The number of aromatic nitrogens is 2. The lowest BCUT2D eigenvalue weighted by atomic mass is 10.3. The van der Waals surface area contributed by atoms with Crippen molar-refractivity contribution in [3.05, 3.63) is 30.4 Å². The molecule has 1 heterocycles. The van der Waals surface area contributed by atoms with E-state index in [-0.39, 0.29) is 5.91 Å². The van der Waals surface area contributed by atoms with Crippen molar-refractivity contribution >= 4 is 5.91 Å². The van der Waals surface area contributed by atoms with Gasteiger partial charge in [-0.1, -0.05) is 6.08 Å². The molecular weight excluding hydrogens is 242 g/mol. The number of likely N-dealkylation sites (N-methyl/N-ethyl adjacent to an activating group) is 1. The highest BCUT2D eigenvalue weighted by molar-refractivity contribution is 5.87. The van der Waals surface area contributed by atoms with E-state index < -0.39 is 0 Å². The second-order valence-corrected chi connectivity index (χ2v) is 4.53. The van der Waals surface area contributed by atoms with Crippen LogP contribution in [0.1, 0.15) is 5.69 Å². The predicted octanol–water partition coefficient (Wildman–Crippen LogP) is -0.224. The number of rotatable bonds is 9. The standard InChI is InChI=1S/C13H23N5O/c1-18(2)9-3-4-13(19)16-8-7-14-6-5-12-10-15-11-17-12/h3-4,10-11,14H,5-9H2,1-2H3,(H,15,17)(H,16,19)/b4-3+. The molecule has 0 radical (unpaired) electrons. The fraction of sp³-hybridized carbons (Fsp3) is 0.538. The predicted molar refractivity (Wildman–Crippen MR) is 75.9 cm³/mol. The molecule has 1 amide bonds. The second-order valence-electron chi connectivity index (χ2n) is 4.53. The third-order valence-corrected chi connectivity index (χ3v) is 2.47. The summed E-state index contributed by atoms with van der Waals surface area (Å²) in [6.07, 6.45) is 7.83. The summed E-state index contributed by atoms with van der Waals surface area (Å²) in [6.45, 7) is 3.04. The SMILES string of the molecule is CN(C)C/C=C/C(=O)NCCNCCc1cnc[nH]1. The van der Waals surface area contributed by atoms with Gasteiger partial charge in [0.15, 0.2) is 0 Å². The molecule has 0 saturated carbocycles. The van der Waals surface area contributed by atoms with Crippen molar-refractivity contribution in [2.45, 2.75) is 6.42 Å². The number of carbonyl (C=O) groups is 1. The summed E-state index contributed by atoms with van der Waals surface area (Å²) in [5.74, 6) is -0.0442. The van der Waals surface area contributed by atoms with Crippen LogP contribution in [0.3, 0.4) is 0 Å². The van der Waals surface area contributed by atoms with Gasteiger partial charge in [0, 0.05) is 50.6 Å². The fourth-order valence-electron chi connectivity index (χ4n) is 1.47. The maximum absolute atomic E-state index is 11.4. The highest BCUT2D eigenvalue weighted by Crippen LogP contribution is 1.89. The van der Waals surface area contributed by atoms with E-state index in [1.165, 1.54) is 0 Å². The van der Waals surface area contributed by atoms with Gasteiger partial charge < -0.3 is 20.5 Å². The van der Waals surface area contributed by atoms with Gasteiger partial charge in [-0.25, -0.2) is 4.98 Å². The summed E-state index contributed by atoms with van der Waals surface area (Å²) >= 11 is 0. The maximum Gasteiger partial charge on any atom is 0.243 e. The number of amides is 1. The summed E-state index contributed by atoms with van der Waals surface area (Å²) < 4.78 is 0. The van der Waals surface area contributed by atoms with E-state index in [2.05, 4.69) is 20.6 Å². The smallest absolute Gasteiger partial charge is 0.243 e. The van der Waals surface area contributed by atoms with E-state index in [4.69, 9.17) is 0 Å². The van der Waals surface area contributed by atoms with Gasteiger partial charge in [-0.05, 0) is 14.1 Å². The first-order valence-electron chi connectivity index (χ1n) is 6.45. The molecule has 0 aliphatic carbocycles. The zero-order valence-corrected chi connectivity index (χ0v) is 11.6. The van der Waals surface area contributed by atoms with Gasteiger partial charge in [0.25, 0.3) is 0 Å². The van der Waals surface area contributed by atoms with Crippen LogP contribution in [0.2, 0.25) is 0 Å². The van der Waals surface area contributed by atoms with Crippen molar-refractivity contribution < 1.29 is 4.79 Å². The Morgan fingerprint density at radius 3 is 2.95 bits per heavy atom. The van der Waals surface area contributed by atoms with Crippen molar-refractivity contribution in [3.8, 4) is 0 Å². The molecule has 6 nitrogen and oxygen atoms in total. The Kier molecular flexibility index (Phi) is 7.53. The van der Waals surface area contributed by atoms with Crippen LogP contribution in [0.15, 0.2) is 24.7 Å².